The summed E-state index contributed by atoms with van der Waals surface area (Å²) in [5, 5.41) is 2.42. The smallest absolute Gasteiger partial charge is 0.253 e. The molecule has 1 saturated heterocycles. The second kappa shape index (κ2) is 7.53. The molecule has 2 rings (SSSR count). The lowest BCUT2D eigenvalue weighted by Gasteiger charge is -2.15. The highest BCUT2D eigenvalue weighted by atomic mass is 35.5. The molecule has 0 saturated carbocycles. The number of carbonyl (C=O) groups excluding carboxylic acids is 1. The average molecular weight is 323 g/mol. The Balaban J connectivity index is 0.00000220. The number of amides is 1. The molecule has 0 aliphatic carbocycles. The molecule has 118 valence electrons. The monoisotopic (exact) mass is 322 g/mol. The van der Waals surface area contributed by atoms with Crippen LogP contribution in [0, 0.1) is 11.6 Å². The molecule has 0 aromatic heterocycles. The lowest BCUT2D eigenvalue weighted by Crippen LogP contribution is -2.30. The summed E-state index contributed by atoms with van der Waals surface area (Å²) in [4.78, 5) is 12.0. The number of carbonyl (C=O) groups is 1. The van der Waals surface area contributed by atoms with Crippen LogP contribution in [0.15, 0.2) is 12.1 Å². The van der Waals surface area contributed by atoms with E-state index in [0.717, 1.165) is 6.07 Å². The Hall–Kier alpha value is -1.44. The van der Waals surface area contributed by atoms with Crippen LogP contribution >= 0.6 is 12.4 Å². The third-order valence-corrected chi connectivity index (χ3v) is 3.13. The Kier molecular flexibility index (Phi) is 6.32. The van der Waals surface area contributed by atoms with Gasteiger partial charge in [-0.15, -0.1) is 12.4 Å². The Morgan fingerprint density at radius 3 is 2.76 bits per heavy atom. The Morgan fingerprint density at radius 1 is 1.48 bits per heavy atom. The van der Waals surface area contributed by atoms with Gasteiger partial charge in [0.2, 0.25) is 0 Å². The molecule has 1 aromatic rings. The number of hydrogen-bond donors (Lipinski definition) is 2. The largest absolute Gasteiger partial charge is 0.492 e. The number of hydrogen-bond acceptors (Lipinski definition) is 4. The molecule has 3 N–H and O–H groups in total. The van der Waals surface area contributed by atoms with Crippen molar-refractivity contribution in [2.75, 3.05) is 19.0 Å². The van der Waals surface area contributed by atoms with Gasteiger partial charge >= 0.3 is 0 Å². The molecule has 1 aromatic carbocycles. The molecule has 0 radical (unpaired) electrons. The summed E-state index contributed by atoms with van der Waals surface area (Å²) in [5.41, 5.74) is 5.40. The second-order valence-electron chi connectivity index (χ2n) is 4.52. The number of halogens is 3. The van der Waals surface area contributed by atoms with Crippen LogP contribution in [0.5, 0.6) is 5.75 Å². The van der Waals surface area contributed by atoms with Crippen LogP contribution in [-0.4, -0.2) is 31.8 Å². The van der Waals surface area contributed by atoms with Gasteiger partial charge in [-0.05, 0) is 12.8 Å². The Morgan fingerprint density at radius 2 is 2.19 bits per heavy atom. The number of ether oxygens (including phenoxy) is 2. The molecule has 0 unspecified atom stereocenters. The van der Waals surface area contributed by atoms with Crippen LogP contribution in [0.1, 0.15) is 12.8 Å². The molecule has 21 heavy (non-hydrogen) atoms. The average Bonchev–Trinajstić information content (AvgIpc) is 2.87. The summed E-state index contributed by atoms with van der Waals surface area (Å²) in [5.74, 6) is -2.36. The molecule has 1 fully saturated rings. The van der Waals surface area contributed by atoms with E-state index in [1.807, 2.05) is 0 Å². The minimum Gasteiger partial charge on any atom is -0.492 e. The quantitative estimate of drug-likeness (QED) is 0.887. The molecule has 1 aliphatic heterocycles. The molecular weight excluding hydrogens is 306 g/mol. The summed E-state index contributed by atoms with van der Waals surface area (Å²) in [6.07, 6.45) is 0.383. The summed E-state index contributed by atoms with van der Waals surface area (Å²) < 4.78 is 36.9. The molecule has 1 aliphatic rings. The van der Waals surface area contributed by atoms with E-state index >= 15 is 0 Å². The van der Waals surface area contributed by atoms with Gasteiger partial charge in [-0.25, -0.2) is 8.78 Å². The summed E-state index contributed by atoms with van der Waals surface area (Å²) in [6, 6.07) is 1.68. The minimum absolute atomic E-state index is 0. The summed E-state index contributed by atoms with van der Waals surface area (Å²) >= 11 is 0. The van der Waals surface area contributed by atoms with Gasteiger partial charge in [0.1, 0.15) is 11.9 Å². The first-order valence-corrected chi connectivity index (χ1v) is 6.24. The highest BCUT2D eigenvalue weighted by Gasteiger charge is 2.30. The highest BCUT2D eigenvalue weighted by molar-refractivity contribution is 5.95. The lowest BCUT2D eigenvalue weighted by atomic mass is 10.2. The molecule has 2 atom stereocenters. The molecular formula is C13H17ClF2N2O3. The number of methoxy groups -OCH3 is 1. The van der Waals surface area contributed by atoms with Gasteiger partial charge in [0.15, 0.2) is 11.6 Å². The van der Waals surface area contributed by atoms with E-state index in [9.17, 15) is 13.6 Å². The van der Waals surface area contributed by atoms with Crippen LogP contribution in [0.3, 0.4) is 0 Å². The van der Waals surface area contributed by atoms with E-state index in [0.29, 0.717) is 25.5 Å². The first-order chi connectivity index (χ1) is 9.55. The van der Waals surface area contributed by atoms with Gasteiger partial charge in [-0.1, -0.05) is 0 Å². The maximum absolute atomic E-state index is 13.5. The van der Waals surface area contributed by atoms with Gasteiger partial charge in [0.25, 0.3) is 5.91 Å². The fourth-order valence-electron chi connectivity index (χ4n) is 2.15. The highest BCUT2D eigenvalue weighted by Crippen LogP contribution is 2.30. The first-order valence-electron chi connectivity index (χ1n) is 6.24. The molecule has 0 spiro atoms. The number of nitrogens with two attached hydrogens (primary N) is 1. The van der Waals surface area contributed by atoms with Gasteiger partial charge in [0.05, 0.1) is 18.9 Å². The Bertz CT molecular complexity index is 516. The van der Waals surface area contributed by atoms with Crippen molar-refractivity contribution in [2.24, 2.45) is 5.73 Å². The van der Waals surface area contributed by atoms with E-state index in [4.69, 9.17) is 15.2 Å². The summed E-state index contributed by atoms with van der Waals surface area (Å²) in [6.45, 7) is 0.335. The zero-order valence-corrected chi connectivity index (χ0v) is 12.2. The van der Waals surface area contributed by atoms with Crippen molar-refractivity contribution >= 4 is 24.0 Å². The van der Waals surface area contributed by atoms with E-state index in [1.165, 1.54) is 7.11 Å². The fraction of sp³-hybridized carbons (Fsp3) is 0.462. The fourth-order valence-corrected chi connectivity index (χ4v) is 2.15. The topological polar surface area (TPSA) is 73.6 Å². The molecule has 8 heteroatoms. The van der Waals surface area contributed by atoms with Crippen molar-refractivity contribution in [1.82, 2.24) is 0 Å². The number of nitrogens with one attached hydrogen (secondary N) is 1. The van der Waals surface area contributed by atoms with Crippen LogP contribution < -0.4 is 15.8 Å². The van der Waals surface area contributed by atoms with Crippen molar-refractivity contribution in [3.63, 3.8) is 0 Å². The zero-order chi connectivity index (χ0) is 14.7. The number of rotatable bonds is 4. The van der Waals surface area contributed by atoms with Gasteiger partial charge in [0, 0.05) is 18.7 Å². The standard InChI is InChI=1S/C13H16F2N2O3.ClH/c1-19-12-9(15)4-7(14)5-10(12)17-13(18)11-3-2-8(6-16)20-11;/h4-5,8,11H,2-3,6,16H2,1H3,(H,17,18);1H/t8-,11+;/m1./s1. The number of anilines is 1. The normalized spacial score (nSPS) is 20.8. The molecule has 1 heterocycles. The molecule has 5 nitrogen and oxygen atoms in total. The van der Waals surface area contributed by atoms with Gasteiger partial charge < -0.3 is 20.5 Å². The first kappa shape index (κ1) is 17.6. The third-order valence-electron chi connectivity index (χ3n) is 3.13. The van der Waals surface area contributed by atoms with E-state index < -0.39 is 23.6 Å². The summed E-state index contributed by atoms with van der Waals surface area (Å²) in [7, 11) is 1.24. The predicted octanol–water partition coefficient (Wildman–Crippen LogP) is 1.84. The third kappa shape index (κ3) is 4.03. The van der Waals surface area contributed by atoms with Crippen molar-refractivity contribution in [3.8, 4) is 5.75 Å². The van der Waals surface area contributed by atoms with Crippen LogP contribution in [0.25, 0.3) is 0 Å². The second-order valence-corrected chi connectivity index (χ2v) is 4.52. The van der Waals surface area contributed by atoms with Crippen LogP contribution in [0.2, 0.25) is 0 Å². The predicted molar refractivity (Wildman–Crippen MR) is 75.7 cm³/mol. The van der Waals surface area contributed by atoms with Crippen LogP contribution in [0.4, 0.5) is 14.5 Å². The van der Waals surface area contributed by atoms with Gasteiger partial charge in [-0.3, -0.25) is 4.79 Å². The SMILES string of the molecule is COc1c(F)cc(F)cc1NC(=O)[C@@H]1CC[C@H](CN)O1.Cl. The maximum atomic E-state index is 13.5. The van der Waals surface area contributed by atoms with Crippen molar-refractivity contribution < 1.29 is 23.0 Å². The van der Waals surface area contributed by atoms with Crippen molar-refractivity contribution in [1.29, 1.82) is 0 Å². The lowest BCUT2D eigenvalue weighted by molar-refractivity contribution is -0.126. The van der Waals surface area contributed by atoms with Crippen LogP contribution in [-0.2, 0) is 9.53 Å². The van der Waals surface area contributed by atoms with E-state index in [1.54, 1.807) is 0 Å². The van der Waals surface area contributed by atoms with E-state index in [-0.39, 0.29) is 29.9 Å². The van der Waals surface area contributed by atoms with Crippen molar-refractivity contribution in [3.05, 3.63) is 23.8 Å². The molecule has 1 amide bonds. The Labute approximate surface area is 127 Å². The minimum atomic E-state index is -0.880. The van der Waals surface area contributed by atoms with E-state index in [2.05, 4.69) is 5.32 Å². The van der Waals surface area contributed by atoms with Gasteiger partial charge in [-0.2, -0.15) is 0 Å². The van der Waals surface area contributed by atoms with Crippen molar-refractivity contribution in [2.45, 2.75) is 25.0 Å². The maximum Gasteiger partial charge on any atom is 0.253 e. The number of benzene rings is 1. The zero-order valence-electron chi connectivity index (χ0n) is 11.4. The molecule has 0 bridgehead atoms.